The number of hydrogen-bond acceptors (Lipinski definition) is 2. The molecule has 2 atom stereocenters. The maximum Gasteiger partial charge on any atom is 0.220 e. The highest BCUT2D eigenvalue weighted by Gasteiger charge is 2.29. The summed E-state index contributed by atoms with van der Waals surface area (Å²) in [7, 11) is 0. The molecule has 2 rings (SSSR count). The number of amides is 1. The zero-order valence-electron chi connectivity index (χ0n) is 7.31. The van der Waals surface area contributed by atoms with Crippen LogP contribution >= 0.6 is 0 Å². The van der Waals surface area contributed by atoms with Gasteiger partial charge < -0.3 is 10.6 Å². The molecule has 0 aromatic rings. The van der Waals surface area contributed by atoms with Crippen molar-refractivity contribution in [2.24, 2.45) is 5.92 Å². The van der Waals surface area contributed by atoms with E-state index in [1.807, 2.05) is 0 Å². The Hall–Kier alpha value is -0.570. The maximum atomic E-state index is 11.0. The Balaban J connectivity index is 1.86. The number of piperidine rings is 1. The summed E-state index contributed by atoms with van der Waals surface area (Å²) in [5.74, 6) is 0.927. The van der Waals surface area contributed by atoms with Crippen molar-refractivity contribution in [3.8, 4) is 0 Å². The fourth-order valence-electron chi connectivity index (χ4n) is 2.21. The standard InChI is InChI=1S/C9H16N2O/c12-9-4-3-8(11-9)7-2-1-5-10-6-7/h7-8,10H,1-6H2,(H,11,12)/t7-,8+/m1/s1. The summed E-state index contributed by atoms with van der Waals surface area (Å²) in [5.41, 5.74) is 0. The maximum absolute atomic E-state index is 11.0. The molecule has 2 saturated heterocycles. The van der Waals surface area contributed by atoms with E-state index in [9.17, 15) is 4.79 Å². The van der Waals surface area contributed by atoms with Crippen LogP contribution in [0.5, 0.6) is 0 Å². The van der Waals surface area contributed by atoms with Crippen LogP contribution in [-0.2, 0) is 4.79 Å². The smallest absolute Gasteiger partial charge is 0.220 e. The first kappa shape index (κ1) is 8.05. The van der Waals surface area contributed by atoms with Crippen molar-refractivity contribution in [2.45, 2.75) is 31.7 Å². The normalized spacial score (nSPS) is 36.5. The van der Waals surface area contributed by atoms with Crippen molar-refractivity contribution in [1.82, 2.24) is 10.6 Å². The number of nitrogens with one attached hydrogen (secondary N) is 2. The Kier molecular flexibility index (Phi) is 2.30. The molecule has 0 aliphatic carbocycles. The van der Waals surface area contributed by atoms with Gasteiger partial charge in [0.2, 0.25) is 5.91 Å². The van der Waals surface area contributed by atoms with Crippen LogP contribution < -0.4 is 10.6 Å². The van der Waals surface area contributed by atoms with Crippen LogP contribution in [-0.4, -0.2) is 25.0 Å². The van der Waals surface area contributed by atoms with Crippen molar-refractivity contribution in [3.63, 3.8) is 0 Å². The minimum Gasteiger partial charge on any atom is -0.353 e. The number of carbonyl (C=O) groups is 1. The van der Waals surface area contributed by atoms with E-state index in [-0.39, 0.29) is 5.91 Å². The van der Waals surface area contributed by atoms with Gasteiger partial charge >= 0.3 is 0 Å². The lowest BCUT2D eigenvalue weighted by Gasteiger charge is -2.27. The zero-order chi connectivity index (χ0) is 8.39. The Morgan fingerprint density at radius 1 is 1.33 bits per heavy atom. The Morgan fingerprint density at radius 2 is 2.25 bits per heavy atom. The van der Waals surface area contributed by atoms with Gasteiger partial charge in [0, 0.05) is 12.5 Å². The van der Waals surface area contributed by atoms with E-state index in [1.54, 1.807) is 0 Å². The zero-order valence-corrected chi connectivity index (χ0v) is 7.31. The van der Waals surface area contributed by atoms with E-state index in [4.69, 9.17) is 0 Å². The molecule has 2 heterocycles. The molecule has 68 valence electrons. The predicted molar refractivity (Wildman–Crippen MR) is 46.8 cm³/mol. The third kappa shape index (κ3) is 1.61. The molecule has 3 nitrogen and oxygen atoms in total. The molecule has 12 heavy (non-hydrogen) atoms. The van der Waals surface area contributed by atoms with Crippen LogP contribution in [0.1, 0.15) is 25.7 Å². The van der Waals surface area contributed by atoms with Gasteiger partial charge in [0.15, 0.2) is 0 Å². The minimum atomic E-state index is 0.241. The van der Waals surface area contributed by atoms with Crippen LogP contribution in [0, 0.1) is 5.92 Å². The summed E-state index contributed by atoms with van der Waals surface area (Å²) in [4.78, 5) is 11.0. The average molecular weight is 168 g/mol. The lowest BCUT2D eigenvalue weighted by Crippen LogP contribution is -2.41. The topological polar surface area (TPSA) is 41.1 Å². The second-order valence-electron chi connectivity index (χ2n) is 3.82. The predicted octanol–water partition coefficient (Wildman–Crippen LogP) is 0.265. The highest BCUT2D eigenvalue weighted by molar-refractivity contribution is 5.78. The molecule has 0 bridgehead atoms. The summed E-state index contributed by atoms with van der Waals surface area (Å²) in [5, 5.41) is 6.42. The summed E-state index contributed by atoms with van der Waals surface area (Å²) < 4.78 is 0. The SMILES string of the molecule is O=C1CC[C@@H]([C@@H]2CCCNC2)N1. The molecule has 0 saturated carbocycles. The van der Waals surface area contributed by atoms with Gasteiger partial charge in [-0.2, -0.15) is 0 Å². The fourth-order valence-corrected chi connectivity index (χ4v) is 2.21. The lowest BCUT2D eigenvalue weighted by molar-refractivity contribution is -0.119. The number of hydrogen-bond donors (Lipinski definition) is 2. The molecule has 2 N–H and O–H groups in total. The van der Waals surface area contributed by atoms with Crippen molar-refractivity contribution in [3.05, 3.63) is 0 Å². The average Bonchev–Trinajstić information content (AvgIpc) is 2.54. The number of carbonyl (C=O) groups excluding carboxylic acids is 1. The molecule has 0 aromatic carbocycles. The molecule has 0 unspecified atom stereocenters. The molecule has 1 amide bonds. The van der Waals surface area contributed by atoms with E-state index in [0.717, 1.165) is 25.9 Å². The van der Waals surface area contributed by atoms with Crippen LogP contribution in [0.2, 0.25) is 0 Å². The van der Waals surface area contributed by atoms with E-state index in [2.05, 4.69) is 10.6 Å². The van der Waals surface area contributed by atoms with Gasteiger partial charge in [-0.15, -0.1) is 0 Å². The van der Waals surface area contributed by atoms with Crippen LogP contribution in [0.3, 0.4) is 0 Å². The van der Waals surface area contributed by atoms with Crippen LogP contribution in [0.15, 0.2) is 0 Å². The first-order valence-electron chi connectivity index (χ1n) is 4.86. The van der Waals surface area contributed by atoms with E-state index in [1.165, 1.54) is 12.8 Å². The summed E-state index contributed by atoms with van der Waals surface area (Å²) in [6.07, 6.45) is 4.32. The van der Waals surface area contributed by atoms with E-state index < -0.39 is 0 Å². The van der Waals surface area contributed by atoms with Crippen molar-refractivity contribution in [1.29, 1.82) is 0 Å². The van der Waals surface area contributed by atoms with Gasteiger partial charge in [-0.05, 0) is 38.3 Å². The summed E-state index contributed by atoms with van der Waals surface area (Å²) >= 11 is 0. The fraction of sp³-hybridized carbons (Fsp3) is 0.889. The second-order valence-corrected chi connectivity index (χ2v) is 3.82. The Bertz CT molecular complexity index is 175. The number of rotatable bonds is 1. The van der Waals surface area contributed by atoms with Gasteiger partial charge in [0.1, 0.15) is 0 Å². The summed E-state index contributed by atoms with van der Waals surface area (Å²) in [6, 6.07) is 0.463. The van der Waals surface area contributed by atoms with Crippen molar-refractivity contribution < 1.29 is 4.79 Å². The van der Waals surface area contributed by atoms with Crippen LogP contribution in [0.25, 0.3) is 0 Å². The van der Waals surface area contributed by atoms with Crippen molar-refractivity contribution >= 4 is 5.91 Å². The first-order chi connectivity index (χ1) is 5.86. The molecule has 0 spiro atoms. The summed E-state index contributed by atoms with van der Waals surface area (Å²) in [6.45, 7) is 2.24. The highest BCUT2D eigenvalue weighted by atomic mass is 16.1. The molecule has 0 aromatic heterocycles. The lowest BCUT2D eigenvalue weighted by atomic mass is 9.91. The highest BCUT2D eigenvalue weighted by Crippen LogP contribution is 2.21. The van der Waals surface area contributed by atoms with Gasteiger partial charge in [-0.1, -0.05) is 0 Å². The quantitative estimate of drug-likeness (QED) is 0.590. The first-order valence-corrected chi connectivity index (χ1v) is 4.86. The Labute approximate surface area is 72.9 Å². The van der Waals surface area contributed by atoms with Gasteiger partial charge in [0.25, 0.3) is 0 Å². The monoisotopic (exact) mass is 168 g/mol. The minimum absolute atomic E-state index is 0.241. The second kappa shape index (κ2) is 3.44. The van der Waals surface area contributed by atoms with Crippen LogP contribution in [0.4, 0.5) is 0 Å². The van der Waals surface area contributed by atoms with Gasteiger partial charge in [0.05, 0.1) is 0 Å². The van der Waals surface area contributed by atoms with Crippen molar-refractivity contribution in [2.75, 3.05) is 13.1 Å². The van der Waals surface area contributed by atoms with E-state index >= 15 is 0 Å². The molecule has 0 radical (unpaired) electrons. The molecule has 2 aliphatic heterocycles. The molecular weight excluding hydrogens is 152 g/mol. The third-order valence-corrected chi connectivity index (χ3v) is 2.93. The van der Waals surface area contributed by atoms with Gasteiger partial charge in [-0.3, -0.25) is 4.79 Å². The molecular formula is C9H16N2O. The van der Waals surface area contributed by atoms with E-state index in [0.29, 0.717) is 12.0 Å². The molecule has 2 aliphatic rings. The third-order valence-electron chi connectivity index (χ3n) is 2.93. The Morgan fingerprint density at radius 3 is 2.83 bits per heavy atom. The molecule has 2 fully saturated rings. The largest absolute Gasteiger partial charge is 0.353 e. The molecule has 3 heteroatoms. The van der Waals surface area contributed by atoms with Gasteiger partial charge in [-0.25, -0.2) is 0 Å².